The summed E-state index contributed by atoms with van der Waals surface area (Å²) >= 11 is 6.06. The Morgan fingerprint density at radius 3 is 2.80 bits per heavy atom. The van der Waals surface area contributed by atoms with Gasteiger partial charge in [-0.3, -0.25) is 0 Å². The van der Waals surface area contributed by atoms with Gasteiger partial charge in [0.15, 0.2) is 0 Å². The van der Waals surface area contributed by atoms with Gasteiger partial charge >= 0.3 is 0 Å². The van der Waals surface area contributed by atoms with Gasteiger partial charge in [-0.15, -0.1) is 0 Å². The molecule has 0 amide bonds. The first-order valence-corrected chi connectivity index (χ1v) is 8.04. The van der Waals surface area contributed by atoms with Gasteiger partial charge in [0.25, 0.3) is 0 Å². The summed E-state index contributed by atoms with van der Waals surface area (Å²) in [6, 6.07) is 8.37. The Kier molecular flexibility index (Phi) is 3.04. The zero-order valence-electron chi connectivity index (χ0n) is 11.7. The molecule has 2 aliphatic rings. The molecule has 1 aromatic carbocycles. The quantitative estimate of drug-likeness (QED) is 0.876. The molecule has 3 unspecified atom stereocenters. The highest BCUT2D eigenvalue weighted by Crippen LogP contribution is 2.57. The van der Waals surface area contributed by atoms with Gasteiger partial charge in [-0.1, -0.05) is 18.5 Å². The lowest BCUT2D eigenvalue weighted by Gasteiger charge is -2.23. The molecule has 2 aliphatic carbocycles. The van der Waals surface area contributed by atoms with Crippen molar-refractivity contribution in [1.82, 2.24) is 5.32 Å². The maximum Gasteiger partial charge on any atom is 0.134 e. The standard InChI is InChI=1S/C17H20ClNO/c1-2-19-17(13-6-10-5-11(10)7-13)16-9-12-8-14(18)3-4-15(12)20-16/h3-4,8-11,13,17,19H,2,5-7H2,1H3. The molecule has 4 rings (SSSR count). The van der Waals surface area contributed by atoms with E-state index in [2.05, 4.69) is 18.3 Å². The molecule has 0 radical (unpaired) electrons. The van der Waals surface area contributed by atoms with E-state index in [0.717, 1.165) is 46.1 Å². The van der Waals surface area contributed by atoms with Crippen LogP contribution in [0.15, 0.2) is 28.7 Å². The SMILES string of the molecule is CCNC(c1cc2cc(Cl)ccc2o1)C1CC2CC2C1. The molecule has 2 fully saturated rings. The van der Waals surface area contributed by atoms with Gasteiger partial charge in [-0.05, 0) is 67.8 Å². The fourth-order valence-corrected chi connectivity index (χ4v) is 4.12. The fourth-order valence-electron chi connectivity index (χ4n) is 3.94. The van der Waals surface area contributed by atoms with Crippen molar-refractivity contribution in [1.29, 1.82) is 0 Å². The van der Waals surface area contributed by atoms with Crippen molar-refractivity contribution >= 4 is 22.6 Å². The molecule has 0 spiro atoms. The lowest BCUT2D eigenvalue weighted by atomic mass is 9.92. The fraction of sp³-hybridized carbons (Fsp3) is 0.529. The van der Waals surface area contributed by atoms with Crippen molar-refractivity contribution in [3.8, 4) is 0 Å². The van der Waals surface area contributed by atoms with Crippen molar-refractivity contribution in [3.63, 3.8) is 0 Å². The summed E-state index contributed by atoms with van der Waals surface area (Å²) in [5.41, 5.74) is 0.940. The average molecular weight is 290 g/mol. The molecule has 2 nitrogen and oxygen atoms in total. The van der Waals surface area contributed by atoms with Crippen LogP contribution in [0.1, 0.15) is 38.0 Å². The first kappa shape index (κ1) is 12.7. The van der Waals surface area contributed by atoms with Gasteiger partial charge in [-0.25, -0.2) is 0 Å². The molecule has 0 bridgehead atoms. The van der Waals surface area contributed by atoms with Crippen molar-refractivity contribution in [2.24, 2.45) is 17.8 Å². The van der Waals surface area contributed by atoms with E-state index in [9.17, 15) is 0 Å². The number of hydrogen-bond acceptors (Lipinski definition) is 2. The Hall–Kier alpha value is -0.990. The van der Waals surface area contributed by atoms with E-state index in [1.165, 1.54) is 19.3 Å². The van der Waals surface area contributed by atoms with Crippen LogP contribution in [0.4, 0.5) is 0 Å². The van der Waals surface area contributed by atoms with Crippen LogP contribution < -0.4 is 5.32 Å². The molecular weight excluding hydrogens is 270 g/mol. The molecule has 3 atom stereocenters. The predicted octanol–water partition coefficient (Wildman–Crippen LogP) is 4.78. The van der Waals surface area contributed by atoms with Crippen LogP contribution in [-0.2, 0) is 0 Å². The Bertz CT molecular complexity index is 625. The van der Waals surface area contributed by atoms with Gasteiger partial charge in [0.05, 0.1) is 6.04 Å². The van der Waals surface area contributed by atoms with E-state index in [1.54, 1.807) is 0 Å². The van der Waals surface area contributed by atoms with Gasteiger partial charge in [0.1, 0.15) is 11.3 Å². The topological polar surface area (TPSA) is 25.2 Å². The van der Waals surface area contributed by atoms with Crippen LogP contribution in [0, 0.1) is 17.8 Å². The second-order valence-corrected chi connectivity index (χ2v) is 6.79. The maximum atomic E-state index is 6.08. The smallest absolute Gasteiger partial charge is 0.134 e. The minimum absolute atomic E-state index is 0.360. The van der Waals surface area contributed by atoms with Crippen molar-refractivity contribution in [2.45, 2.75) is 32.2 Å². The zero-order chi connectivity index (χ0) is 13.7. The van der Waals surface area contributed by atoms with E-state index in [4.69, 9.17) is 16.0 Å². The van der Waals surface area contributed by atoms with Crippen LogP contribution in [-0.4, -0.2) is 6.54 Å². The largest absolute Gasteiger partial charge is 0.459 e. The summed E-state index contributed by atoms with van der Waals surface area (Å²) in [5.74, 6) is 3.81. The second kappa shape index (κ2) is 4.78. The third-order valence-electron chi connectivity index (χ3n) is 4.98. The third kappa shape index (κ3) is 2.15. The van der Waals surface area contributed by atoms with Crippen LogP contribution >= 0.6 is 11.6 Å². The number of nitrogens with one attached hydrogen (secondary N) is 1. The summed E-state index contributed by atoms with van der Waals surface area (Å²) < 4.78 is 6.08. The molecule has 3 heteroatoms. The zero-order valence-corrected chi connectivity index (χ0v) is 12.5. The van der Waals surface area contributed by atoms with E-state index < -0.39 is 0 Å². The van der Waals surface area contributed by atoms with Crippen LogP contribution in [0.3, 0.4) is 0 Å². The number of furan rings is 1. The Labute approximate surface area is 124 Å². The molecule has 20 heavy (non-hydrogen) atoms. The Morgan fingerprint density at radius 1 is 1.25 bits per heavy atom. The van der Waals surface area contributed by atoms with Crippen LogP contribution in [0.25, 0.3) is 11.0 Å². The number of hydrogen-bond donors (Lipinski definition) is 1. The van der Waals surface area contributed by atoms with E-state index in [0.29, 0.717) is 6.04 Å². The minimum Gasteiger partial charge on any atom is -0.459 e. The monoisotopic (exact) mass is 289 g/mol. The van der Waals surface area contributed by atoms with Crippen LogP contribution in [0.5, 0.6) is 0 Å². The molecule has 1 N–H and O–H groups in total. The Balaban J connectivity index is 1.66. The lowest BCUT2D eigenvalue weighted by molar-refractivity contribution is 0.305. The highest BCUT2D eigenvalue weighted by atomic mass is 35.5. The van der Waals surface area contributed by atoms with Gasteiger partial charge in [0, 0.05) is 10.4 Å². The van der Waals surface area contributed by atoms with E-state index in [1.807, 2.05) is 18.2 Å². The summed E-state index contributed by atoms with van der Waals surface area (Å²) in [7, 11) is 0. The molecule has 0 saturated heterocycles. The number of halogens is 1. The molecule has 2 saturated carbocycles. The molecule has 1 heterocycles. The minimum atomic E-state index is 0.360. The lowest BCUT2D eigenvalue weighted by Crippen LogP contribution is -2.27. The highest BCUT2D eigenvalue weighted by molar-refractivity contribution is 6.31. The van der Waals surface area contributed by atoms with Crippen LogP contribution in [0.2, 0.25) is 5.02 Å². The van der Waals surface area contributed by atoms with Crippen molar-refractivity contribution in [2.75, 3.05) is 6.54 Å². The molecule has 106 valence electrons. The average Bonchev–Trinajstić information content (AvgIpc) is 2.87. The molecule has 1 aromatic heterocycles. The number of benzene rings is 1. The highest BCUT2D eigenvalue weighted by Gasteiger charge is 2.48. The first-order chi connectivity index (χ1) is 9.74. The van der Waals surface area contributed by atoms with E-state index >= 15 is 0 Å². The van der Waals surface area contributed by atoms with Gasteiger partial charge < -0.3 is 9.73 Å². The summed E-state index contributed by atoms with van der Waals surface area (Å²) in [4.78, 5) is 0. The summed E-state index contributed by atoms with van der Waals surface area (Å²) in [5, 5.41) is 5.51. The normalized spacial score (nSPS) is 29.6. The van der Waals surface area contributed by atoms with Crippen molar-refractivity contribution < 1.29 is 4.42 Å². The molecule has 0 aliphatic heterocycles. The molecule has 2 aromatic rings. The van der Waals surface area contributed by atoms with Gasteiger partial charge in [0.2, 0.25) is 0 Å². The number of rotatable bonds is 4. The third-order valence-corrected chi connectivity index (χ3v) is 5.21. The second-order valence-electron chi connectivity index (χ2n) is 6.35. The maximum absolute atomic E-state index is 6.08. The Morgan fingerprint density at radius 2 is 2.05 bits per heavy atom. The van der Waals surface area contributed by atoms with E-state index in [-0.39, 0.29) is 0 Å². The molecular formula is C17H20ClNO. The van der Waals surface area contributed by atoms with Crippen molar-refractivity contribution in [3.05, 3.63) is 35.0 Å². The number of fused-ring (bicyclic) bond motifs is 2. The van der Waals surface area contributed by atoms with Gasteiger partial charge in [-0.2, -0.15) is 0 Å². The predicted molar refractivity (Wildman–Crippen MR) is 82.0 cm³/mol. The summed E-state index contributed by atoms with van der Waals surface area (Å²) in [6.07, 6.45) is 4.19. The summed E-state index contributed by atoms with van der Waals surface area (Å²) in [6.45, 7) is 3.15. The first-order valence-electron chi connectivity index (χ1n) is 7.67.